The molecule has 1 aliphatic carbocycles. The third kappa shape index (κ3) is 3.17. The van der Waals surface area contributed by atoms with Crippen LogP contribution < -0.4 is 0 Å². The van der Waals surface area contributed by atoms with Gasteiger partial charge in [0.05, 0.1) is 5.70 Å². The number of carbonyl (C=O) groups is 1. The van der Waals surface area contributed by atoms with Gasteiger partial charge in [0, 0.05) is 61.9 Å². The number of piperidine rings is 1. The van der Waals surface area contributed by atoms with Crippen LogP contribution in [0.1, 0.15) is 61.9 Å². The first-order valence-corrected chi connectivity index (χ1v) is 12.1. The molecular formula is C27H37N3O. The van der Waals surface area contributed by atoms with Crippen LogP contribution in [-0.4, -0.2) is 65.8 Å². The molecule has 2 atom stereocenters. The van der Waals surface area contributed by atoms with Gasteiger partial charge in [-0.1, -0.05) is 42.8 Å². The van der Waals surface area contributed by atoms with Crippen molar-refractivity contribution in [2.45, 2.75) is 58.4 Å². The van der Waals surface area contributed by atoms with E-state index in [4.69, 9.17) is 0 Å². The topological polar surface area (TPSA) is 26.8 Å². The lowest BCUT2D eigenvalue weighted by atomic mass is 9.65. The van der Waals surface area contributed by atoms with E-state index >= 15 is 0 Å². The van der Waals surface area contributed by atoms with E-state index in [0.717, 1.165) is 44.7 Å². The van der Waals surface area contributed by atoms with Gasteiger partial charge >= 0.3 is 0 Å². The number of carbonyl (C=O) groups excluding carboxylic acids is 1. The van der Waals surface area contributed by atoms with Crippen LogP contribution in [0.5, 0.6) is 0 Å². The normalized spacial score (nSPS) is 30.3. The highest BCUT2D eigenvalue weighted by Gasteiger charge is 2.61. The summed E-state index contributed by atoms with van der Waals surface area (Å²) in [5, 5.41) is 0. The zero-order valence-corrected chi connectivity index (χ0v) is 19.7. The summed E-state index contributed by atoms with van der Waals surface area (Å²) >= 11 is 0. The van der Waals surface area contributed by atoms with Crippen molar-refractivity contribution >= 4 is 5.78 Å². The zero-order valence-electron chi connectivity index (χ0n) is 19.7. The van der Waals surface area contributed by atoms with E-state index < -0.39 is 0 Å². The van der Waals surface area contributed by atoms with Crippen molar-refractivity contribution in [2.75, 3.05) is 39.8 Å². The summed E-state index contributed by atoms with van der Waals surface area (Å²) in [5.41, 5.74) is 7.15. The molecule has 31 heavy (non-hydrogen) atoms. The number of allylic oxidation sites excluding steroid dienone is 3. The van der Waals surface area contributed by atoms with Crippen molar-refractivity contribution in [1.29, 1.82) is 0 Å². The molecule has 3 aliphatic heterocycles. The molecule has 0 radical (unpaired) electrons. The highest BCUT2D eigenvalue weighted by Crippen LogP contribution is 2.60. The molecule has 0 amide bonds. The molecule has 4 nitrogen and oxygen atoms in total. The van der Waals surface area contributed by atoms with Gasteiger partial charge in [0.25, 0.3) is 0 Å². The lowest BCUT2D eigenvalue weighted by Crippen LogP contribution is -2.61. The van der Waals surface area contributed by atoms with Crippen LogP contribution >= 0.6 is 0 Å². The van der Waals surface area contributed by atoms with Gasteiger partial charge in [-0.2, -0.15) is 0 Å². The van der Waals surface area contributed by atoms with Crippen LogP contribution in [0.4, 0.5) is 0 Å². The van der Waals surface area contributed by atoms with Crippen molar-refractivity contribution in [2.24, 2.45) is 5.41 Å². The predicted molar refractivity (Wildman–Crippen MR) is 126 cm³/mol. The monoisotopic (exact) mass is 419 g/mol. The van der Waals surface area contributed by atoms with E-state index in [-0.39, 0.29) is 16.7 Å². The Morgan fingerprint density at radius 1 is 1.10 bits per heavy atom. The van der Waals surface area contributed by atoms with Crippen molar-refractivity contribution in [3.63, 3.8) is 0 Å². The Morgan fingerprint density at radius 3 is 2.65 bits per heavy atom. The summed E-state index contributed by atoms with van der Waals surface area (Å²) in [4.78, 5) is 20.5. The Kier molecular flexibility index (Phi) is 5.04. The summed E-state index contributed by atoms with van der Waals surface area (Å²) in [7, 11) is 2.27. The van der Waals surface area contributed by atoms with Gasteiger partial charge in [-0.05, 0) is 51.6 Å². The standard InChI is InChI=1S/C27H37N3O/c1-20-10-12-21(13-11-20)24(31)9-6-15-29-16-14-27(3)26(2,19-29)22-7-5-8-23-25(22)30(27)18-17-28(23)4/h7,10-13H,5-6,8-9,14-19H2,1-4H3/t26-,27-/m0/s1. The molecule has 4 heteroatoms. The van der Waals surface area contributed by atoms with Crippen molar-refractivity contribution < 1.29 is 4.79 Å². The molecule has 0 aromatic heterocycles. The average molecular weight is 420 g/mol. The molecule has 1 aromatic rings. The maximum atomic E-state index is 12.6. The summed E-state index contributed by atoms with van der Waals surface area (Å²) < 4.78 is 0. The molecule has 4 aliphatic rings. The van der Waals surface area contributed by atoms with Crippen LogP contribution in [0.15, 0.2) is 47.3 Å². The Morgan fingerprint density at radius 2 is 1.87 bits per heavy atom. The summed E-state index contributed by atoms with van der Waals surface area (Å²) in [6, 6.07) is 8.01. The second-order valence-corrected chi connectivity index (χ2v) is 10.5. The van der Waals surface area contributed by atoms with Crippen molar-refractivity contribution in [1.82, 2.24) is 14.7 Å². The maximum Gasteiger partial charge on any atom is 0.162 e. The van der Waals surface area contributed by atoms with Crippen LogP contribution in [0.3, 0.4) is 0 Å². The van der Waals surface area contributed by atoms with Gasteiger partial charge in [0.2, 0.25) is 0 Å². The van der Waals surface area contributed by atoms with Crippen molar-refractivity contribution in [3.8, 4) is 0 Å². The molecule has 0 N–H and O–H groups in total. The number of likely N-dealkylation sites (N-methyl/N-ethyl adjacent to an activating group) is 1. The van der Waals surface area contributed by atoms with Gasteiger partial charge in [0.15, 0.2) is 5.78 Å². The molecule has 0 unspecified atom stereocenters. The third-order valence-electron chi connectivity index (χ3n) is 8.73. The molecule has 5 rings (SSSR count). The Hall–Kier alpha value is -2.07. The van der Waals surface area contributed by atoms with E-state index in [0.29, 0.717) is 6.42 Å². The van der Waals surface area contributed by atoms with E-state index in [1.165, 1.54) is 24.8 Å². The number of benzene rings is 1. The smallest absolute Gasteiger partial charge is 0.162 e. The van der Waals surface area contributed by atoms with Crippen LogP contribution in [0.2, 0.25) is 0 Å². The molecule has 0 spiro atoms. The summed E-state index contributed by atoms with van der Waals surface area (Å²) in [5.74, 6) is 0.277. The molecule has 2 fully saturated rings. The zero-order chi connectivity index (χ0) is 21.8. The molecule has 3 heterocycles. The average Bonchev–Trinajstić information content (AvgIpc) is 2.96. The Bertz CT molecular complexity index is 946. The minimum atomic E-state index is 0.165. The Labute approximate surface area is 187 Å². The number of rotatable bonds is 5. The largest absolute Gasteiger partial charge is 0.374 e. The lowest BCUT2D eigenvalue weighted by Gasteiger charge is -2.53. The highest BCUT2D eigenvalue weighted by molar-refractivity contribution is 5.96. The van der Waals surface area contributed by atoms with Gasteiger partial charge in [-0.3, -0.25) is 4.79 Å². The highest BCUT2D eigenvalue weighted by atomic mass is 16.1. The van der Waals surface area contributed by atoms with Gasteiger partial charge < -0.3 is 14.7 Å². The van der Waals surface area contributed by atoms with Crippen LogP contribution in [0.25, 0.3) is 0 Å². The maximum absolute atomic E-state index is 12.6. The van der Waals surface area contributed by atoms with Crippen molar-refractivity contribution in [3.05, 3.63) is 58.4 Å². The minimum Gasteiger partial charge on any atom is -0.374 e. The molecule has 0 bridgehead atoms. The first kappa shape index (κ1) is 20.8. The first-order valence-electron chi connectivity index (χ1n) is 12.1. The molecule has 166 valence electrons. The SMILES string of the molecule is Cc1ccc(C(=O)CCCN2CC[C@]3(C)N4CCN(C)C5=C4C(=CCC5)[C@]3(C)C2)cc1. The second kappa shape index (κ2) is 7.51. The number of fused-ring (bicyclic) bond motifs is 3. The predicted octanol–water partition coefficient (Wildman–Crippen LogP) is 4.62. The van der Waals surface area contributed by atoms with Crippen LogP contribution in [-0.2, 0) is 0 Å². The number of aryl methyl sites for hydroxylation is 1. The fourth-order valence-electron chi connectivity index (χ4n) is 6.57. The van der Waals surface area contributed by atoms with Gasteiger partial charge in [-0.25, -0.2) is 0 Å². The summed E-state index contributed by atoms with van der Waals surface area (Å²) in [6.07, 6.45) is 7.68. The van der Waals surface area contributed by atoms with E-state index in [1.54, 1.807) is 17.0 Å². The number of Topliss-reactive ketones (excluding diaryl/α,β-unsaturated/α-hetero) is 1. The summed E-state index contributed by atoms with van der Waals surface area (Å²) in [6.45, 7) is 12.6. The number of hydrogen-bond acceptors (Lipinski definition) is 4. The number of likely N-dealkylation sites (tertiary alicyclic amines) is 1. The van der Waals surface area contributed by atoms with Gasteiger partial charge in [0.1, 0.15) is 0 Å². The lowest BCUT2D eigenvalue weighted by molar-refractivity contribution is -0.00984. The quantitative estimate of drug-likeness (QED) is 0.651. The molecule has 0 saturated carbocycles. The van der Waals surface area contributed by atoms with E-state index in [2.05, 4.69) is 48.6 Å². The minimum absolute atomic E-state index is 0.165. The third-order valence-corrected chi connectivity index (χ3v) is 8.73. The van der Waals surface area contributed by atoms with E-state index in [1.807, 2.05) is 24.3 Å². The fourth-order valence-corrected chi connectivity index (χ4v) is 6.57. The van der Waals surface area contributed by atoms with Crippen LogP contribution in [0, 0.1) is 12.3 Å². The first-order chi connectivity index (χ1) is 14.8. The molecule has 2 saturated heterocycles. The van der Waals surface area contributed by atoms with Gasteiger partial charge in [-0.15, -0.1) is 0 Å². The molecule has 1 aromatic carbocycles. The Balaban J connectivity index is 1.29. The number of ketones is 1. The van der Waals surface area contributed by atoms with E-state index in [9.17, 15) is 4.79 Å². The molecular weight excluding hydrogens is 382 g/mol. The second-order valence-electron chi connectivity index (χ2n) is 10.5. The fraction of sp³-hybridized carbons (Fsp3) is 0.593. The number of hydrogen-bond donors (Lipinski definition) is 0. The number of nitrogens with zero attached hydrogens (tertiary/aromatic N) is 3.